The Morgan fingerprint density at radius 2 is 2.00 bits per heavy atom. The van der Waals surface area contributed by atoms with Gasteiger partial charge in [-0.15, -0.1) is 0 Å². The molecule has 1 amide bonds. The lowest BCUT2D eigenvalue weighted by Crippen LogP contribution is -2.55. The number of benzene rings is 1. The van der Waals surface area contributed by atoms with Gasteiger partial charge in [-0.25, -0.2) is 4.79 Å². The second kappa shape index (κ2) is 7.32. The van der Waals surface area contributed by atoms with Crippen LogP contribution in [0.25, 0.3) is 0 Å². The lowest BCUT2D eigenvalue weighted by atomic mass is 9.98. The van der Waals surface area contributed by atoms with Gasteiger partial charge >= 0.3 is 6.09 Å². The number of aliphatic hydroxyl groups excluding tert-OH is 1. The number of rotatable bonds is 3. The number of likely N-dealkylation sites (tertiary alicyclic amines) is 1. The number of alkyl carbamates (subject to hydrolysis) is 1. The molecule has 1 aromatic carbocycles. The van der Waals surface area contributed by atoms with Crippen molar-refractivity contribution in [1.29, 1.82) is 0 Å². The van der Waals surface area contributed by atoms with Crippen LogP contribution in [0.2, 0.25) is 0 Å². The van der Waals surface area contributed by atoms with Gasteiger partial charge in [0.15, 0.2) is 0 Å². The Morgan fingerprint density at radius 1 is 1.35 bits per heavy atom. The first kappa shape index (κ1) is 17.8. The highest BCUT2D eigenvalue weighted by molar-refractivity contribution is 5.68. The van der Waals surface area contributed by atoms with Gasteiger partial charge in [0.25, 0.3) is 0 Å². The number of hydrogen-bond acceptors (Lipinski definition) is 4. The lowest BCUT2D eigenvalue weighted by Gasteiger charge is -2.39. The van der Waals surface area contributed by atoms with Crippen LogP contribution in [0.1, 0.15) is 45.7 Å². The van der Waals surface area contributed by atoms with E-state index in [9.17, 15) is 9.90 Å². The predicted molar refractivity (Wildman–Crippen MR) is 90.2 cm³/mol. The smallest absolute Gasteiger partial charge is 0.407 e. The van der Waals surface area contributed by atoms with Gasteiger partial charge in [0.2, 0.25) is 0 Å². The van der Waals surface area contributed by atoms with Crippen molar-refractivity contribution < 1.29 is 14.6 Å². The highest BCUT2D eigenvalue weighted by Crippen LogP contribution is 2.24. The fourth-order valence-corrected chi connectivity index (χ4v) is 2.88. The third-order valence-corrected chi connectivity index (χ3v) is 4.15. The zero-order chi connectivity index (χ0) is 17.0. The number of nitrogens with one attached hydrogen (secondary N) is 1. The minimum atomic E-state index is -0.595. The van der Waals surface area contributed by atoms with Crippen molar-refractivity contribution in [2.75, 3.05) is 13.1 Å². The van der Waals surface area contributed by atoms with E-state index in [1.807, 2.05) is 39.0 Å². The largest absolute Gasteiger partial charge is 0.444 e. The van der Waals surface area contributed by atoms with Crippen LogP contribution in [0, 0.1) is 0 Å². The molecule has 0 aromatic heterocycles. The molecule has 0 saturated carbocycles. The molecule has 1 heterocycles. The highest BCUT2D eigenvalue weighted by Gasteiger charge is 2.32. The molecule has 0 spiro atoms. The molecule has 1 aromatic rings. The summed E-state index contributed by atoms with van der Waals surface area (Å²) in [4.78, 5) is 14.1. The average molecular weight is 320 g/mol. The number of carbonyl (C=O) groups is 1. The van der Waals surface area contributed by atoms with Crippen LogP contribution in [0.4, 0.5) is 4.79 Å². The molecule has 128 valence electrons. The number of hydrogen-bond donors (Lipinski definition) is 2. The summed E-state index contributed by atoms with van der Waals surface area (Å²) in [6.45, 7) is 8.99. The number of aliphatic hydroxyl groups is 1. The molecule has 0 aliphatic carbocycles. The summed E-state index contributed by atoms with van der Waals surface area (Å²) < 4.78 is 5.26. The zero-order valence-electron chi connectivity index (χ0n) is 14.5. The summed E-state index contributed by atoms with van der Waals surface area (Å²) in [6, 6.07) is 10.2. The monoisotopic (exact) mass is 320 g/mol. The van der Waals surface area contributed by atoms with Crippen molar-refractivity contribution in [1.82, 2.24) is 10.2 Å². The molecule has 5 heteroatoms. The van der Waals surface area contributed by atoms with Crippen LogP contribution in [-0.2, 0) is 4.74 Å². The average Bonchev–Trinajstić information content (AvgIpc) is 2.47. The van der Waals surface area contributed by atoms with Crippen molar-refractivity contribution in [3.05, 3.63) is 35.9 Å². The van der Waals surface area contributed by atoms with Crippen molar-refractivity contribution in [3.63, 3.8) is 0 Å². The van der Waals surface area contributed by atoms with Gasteiger partial charge in [0.1, 0.15) is 5.60 Å². The van der Waals surface area contributed by atoms with Crippen molar-refractivity contribution in [2.24, 2.45) is 0 Å². The molecule has 3 atom stereocenters. The van der Waals surface area contributed by atoms with E-state index in [4.69, 9.17) is 4.74 Å². The molecule has 5 nitrogen and oxygen atoms in total. The van der Waals surface area contributed by atoms with Crippen LogP contribution >= 0.6 is 0 Å². The van der Waals surface area contributed by atoms with Gasteiger partial charge in [-0.2, -0.15) is 0 Å². The molecule has 0 radical (unpaired) electrons. The molecule has 1 fully saturated rings. The number of amides is 1. The summed E-state index contributed by atoms with van der Waals surface area (Å²) in [5.41, 5.74) is 0.704. The topological polar surface area (TPSA) is 61.8 Å². The predicted octanol–water partition coefficient (Wildman–Crippen LogP) is 2.71. The first-order chi connectivity index (χ1) is 10.8. The summed E-state index contributed by atoms with van der Waals surface area (Å²) in [6.07, 6.45) is -0.356. The Kier molecular flexibility index (Phi) is 5.65. The van der Waals surface area contributed by atoms with Gasteiger partial charge in [-0.1, -0.05) is 30.3 Å². The van der Waals surface area contributed by atoms with E-state index >= 15 is 0 Å². The molecule has 23 heavy (non-hydrogen) atoms. The van der Waals surface area contributed by atoms with Crippen molar-refractivity contribution in [2.45, 2.75) is 57.9 Å². The third kappa shape index (κ3) is 5.22. The summed E-state index contributed by atoms with van der Waals surface area (Å²) in [5.74, 6) is 0. The van der Waals surface area contributed by atoms with E-state index in [1.54, 1.807) is 0 Å². The Morgan fingerprint density at radius 3 is 2.57 bits per heavy atom. The van der Waals surface area contributed by atoms with Gasteiger partial charge in [0.05, 0.1) is 12.1 Å². The maximum Gasteiger partial charge on any atom is 0.407 e. The standard InChI is InChI=1S/C18H28N2O3/c1-13(14-8-6-5-7-9-14)20-11-10-15(16(21)12-20)19-17(22)23-18(2,3)4/h5-9,13,15-16,21H,10-12H2,1-4H3,(H,19,22)/t13?,15-,16-/m0/s1. The zero-order valence-corrected chi connectivity index (χ0v) is 14.5. The second-order valence-corrected chi connectivity index (χ2v) is 7.19. The van der Waals surface area contributed by atoms with Crippen LogP contribution in [0.5, 0.6) is 0 Å². The maximum atomic E-state index is 11.9. The number of carbonyl (C=O) groups excluding carboxylic acids is 1. The number of nitrogens with zero attached hydrogens (tertiary/aromatic N) is 1. The molecule has 0 bridgehead atoms. The van der Waals surface area contributed by atoms with Gasteiger partial charge in [0, 0.05) is 19.1 Å². The van der Waals surface area contributed by atoms with Gasteiger partial charge in [-0.05, 0) is 39.7 Å². The molecule has 1 saturated heterocycles. The van der Waals surface area contributed by atoms with E-state index in [0.717, 1.165) is 6.54 Å². The van der Waals surface area contributed by atoms with E-state index in [-0.39, 0.29) is 12.1 Å². The Balaban J connectivity index is 1.88. The first-order valence-electron chi connectivity index (χ1n) is 8.23. The van der Waals surface area contributed by atoms with Gasteiger partial charge in [-0.3, -0.25) is 4.90 Å². The Labute approximate surface area is 138 Å². The molecule has 1 aliphatic rings. The summed E-state index contributed by atoms with van der Waals surface area (Å²) >= 11 is 0. The fourth-order valence-electron chi connectivity index (χ4n) is 2.88. The van der Waals surface area contributed by atoms with Gasteiger partial charge < -0.3 is 15.2 Å². The minimum Gasteiger partial charge on any atom is -0.444 e. The molecule has 2 rings (SSSR count). The number of ether oxygens (including phenoxy) is 1. The van der Waals surface area contributed by atoms with Crippen molar-refractivity contribution >= 4 is 6.09 Å². The highest BCUT2D eigenvalue weighted by atomic mass is 16.6. The Bertz CT molecular complexity index is 513. The molecule has 1 unspecified atom stereocenters. The van der Waals surface area contributed by atoms with Crippen LogP contribution in [0.3, 0.4) is 0 Å². The number of piperidine rings is 1. The first-order valence-corrected chi connectivity index (χ1v) is 8.23. The molecule has 2 N–H and O–H groups in total. The Hall–Kier alpha value is -1.59. The van der Waals surface area contributed by atoms with Crippen molar-refractivity contribution in [3.8, 4) is 0 Å². The summed E-state index contributed by atoms with van der Waals surface area (Å²) in [5, 5.41) is 13.2. The minimum absolute atomic E-state index is 0.244. The fraction of sp³-hybridized carbons (Fsp3) is 0.611. The van der Waals surface area contributed by atoms with E-state index in [0.29, 0.717) is 13.0 Å². The van der Waals surface area contributed by atoms with E-state index in [1.165, 1.54) is 5.56 Å². The van der Waals surface area contributed by atoms with E-state index in [2.05, 4.69) is 29.3 Å². The molecular weight excluding hydrogens is 292 g/mol. The number of β-amino-alcohol motifs (C(OH)–C–C–N with tert-alkyl or cyclic N) is 1. The summed E-state index contributed by atoms with van der Waals surface area (Å²) in [7, 11) is 0. The molecular formula is C18H28N2O3. The quantitative estimate of drug-likeness (QED) is 0.899. The van der Waals surface area contributed by atoms with E-state index < -0.39 is 17.8 Å². The maximum absolute atomic E-state index is 11.9. The second-order valence-electron chi connectivity index (χ2n) is 7.19. The van der Waals surface area contributed by atoms with Crippen LogP contribution in [-0.4, -0.2) is 46.9 Å². The SMILES string of the molecule is CC(c1ccccc1)N1CC[C@H](NC(=O)OC(C)(C)C)[C@@H](O)C1. The third-order valence-electron chi connectivity index (χ3n) is 4.15. The van der Waals surface area contributed by atoms with Crippen LogP contribution < -0.4 is 5.32 Å². The van der Waals surface area contributed by atoms with Crippen LogP contribution in [0.15, 0.2) is 30.3 Å². The normalized spacial score (nSPS) is 24.0. The lowest BCUT2D eigenvalue weighted by molar-refractivity contribution is 0.0105. The molecule has 1 aliphatic heterocycles.